The lowest BCUT2D eigenvalue weighted by Crippen LogP contribution is -2.12. The van der Waals surface area contributed by atoms with E-state index in [2.05, 4.69) is 0 Å². The Kier molecular flexibility index (Phi) is 6.26. The van der Waals surface area contributed by atoms with Gasteiger partial charge in [0, 0.05) is 0 Å². The molecule has 1 aromatic carbocycles. The highest BCUT2D eigenvalue weighted by molar-refractivity contribution is 7.60. The van der Waals surface area contributed by atoms with Gasteiger partial charge in [-0.15, -0.1) is 0 Å². The van der Waals surface area contributed by atoms with Crippen molar-refractivity contribution in [3.8, 4) is 0 Å². The Labute approximate surface area is 114 Å². The van der Waals surface area contributed by atoms with Gasteiger partial charge in [0.15, 0.2) is 0 Å². The van der Waals surface area contributed by atoms with E-state index in [0.717, 1.165) is 12.0 Å². The van der Waals surface area contributed by atoms with Crippen molar-refractivity contribution >= 4 is 13.3 Å². The number of aliphatic carboxylic acids is 1. The second-order valence-electron chi connectivity index (χ2n) is 4.41. The second kappa shape index (κ2) is 7.46. The number of carboxylic acids is 1. The van der Waals surface area contributed by atoms with Gasteiger partial charge in [-0.1, -0.05) is 43.7 Å². The Balaban J connectivity index is 3.12. The van der Waals surface area contributed by atoms with E-state index in [1.54, 1.807) is 6.92 Å². The molecule has 1 aromatic rings. The van der Waals surface area contributed by atoms with Crippen LogP contribution in [0.3, 0.4) is 0 Å². The van der Waals surface area contributed by atoms with Crippen LogP contribution in [0.5, 0.6) is 0 Å². The van der Waals surface area contributed by atoms with Crippen molar-refractivity contribution in [1.29, 1.82) is 0 Å². The predicted octanol–water partition coefficient (Wildman–Crippen LogP) is 3.93. The monoisotopic (exact) mass is 284 g/mol. The van der Waals surface area contributed by atoms with Gasteiger partial charge >= 0.3 is 5.97 Å². The lowest BCUT2D eigenvalue weighted by Gasteiger charge is -2.26. The molecule has 106 valence electrons. The van der Waals surface area contributed by atoms with Gasteiger partial charge in [-0.05, 0) is 18.9 Å². The Morgan fingerprint density at radius 2 is 1.95 bits per heavy atom. The minimum Gasteiger partial charge on any atom is -0.481 e. The second-order valence-corrected chi connectivity index (χ2v) is 7.06. The number of hydrogen-bond acceptors (Lipinski definition) is 3. The molecule has 0 saturated carbocycles. The summed E-state index contributed by atoms with van der Waals surface area (Å²) in [6.45, 7) is 3.99. The maximum absolute atomic E-state index is 12.9. The minimum atomic E-state index is -3.22. The molecule has 1 N–H and O–H groups in total. The van der Waals surface area contributed by atoms with Crippen molar-refractivity contribution in [2.45, 2.75) is 32.3 Å². The first-order valence-corrected chi connectivity index (χ1v) is 8.41. The zero-order valence-corrected chi connectivity index (χ0v) is 12.3. The molecule has 0 radical (unpaired) electrons. The van der Waals surface area contributed by atoms with Crippen LogP contribution in [-0.2, 0) is 13.9 Å². The van der Waals surface area contributed by atoms with Crippen LogP contribution in [0.25, 0.3) is 0 Å². The van der Waals surface area contributed by atoms with E-state index in [4.69, 9.17) is 9.63 Å². The Bertz CT molecular complexity index is 444. The van der Waals surface area contributed by atoms with Crippen LogP contribution < -0.4 is 0 Å². The highest BCUT2D eigenvalue weighted by Gasteiger charge is 2.36. The van der Waals surface area contributed by atoms with Crippen LogP contribution in [0.1, 0.15) is 37.9 Å². The molecule has 0 bridgehead atoms. The molecule has 0 aliphatic carbocycles. The lowest BCUT2D eigenvalue weighted by atomic mass is 10.1. The molecule has 0 saturated heterocycles. The van der Waals surface area contributed by atoms with Gasteiger partial charge in [0.05, 0.1) is 12.3 Å². The summed E-state index contributed by atoms with van der Waals surface area (Å²) in [5, 5.41) is 8.99. The van der Waals surface area contributed by atoms with Gasteiger partial charge in [0.2, 0.25) is 7.37 Å². The first kappa shape index (κ1) is 15.9. The maximum Gasteiger partial charge on any atom is 0.313 e. The third-order valence-corrected chi connectivity index (χ3v) is 5.84. The fraction of sp³-hybridized carbons (Fsp3) is 0.500. The number of hydrogen-bond donors (Lipinski definition) is 1. The van der Waals surface area contributed by atoms with Crippen LogP contribution in [0, 0.1) is 0 Å². The average molecular weight is 284 g/mol. The molecule has 2 unspecified atom stereocenters. The molecule has 0 amide bonds. The van der Waals surface area contributed by atoms with Gasteiger partial charge in [-0.3, -0.25) is 9.36 Å². The average Bonchev–Trinajstić information content (AvgIpc) is 2.36. The van der Waals surface area contributed by atoms with Crippen LogP contribution in [-0.4, -0.2) is 23.8 Å². The Morgan fingerprint density at radius 1 is 1.32 bits per heavy atom. The highest BCUT2D eigenvalue weighted by Crippen LogP contribution is 2.61. The lowest BCUT2D eigenvalue weighted by molar-refractivity contribution is -0.134. The zero-order valence-electron chi connectivity index (χ0n) is 11.4. The standard InChI is InChI=1S/C14H21O4P/c1-3-8-13(12-9-6-5-7-10-12)19(17,18-4-2)11-14(15)16/h5-7,9-10,13H,3-4,8,11H2,1-2H3,(H,15,16). The third-order valence-electron chi connectivity index (χ3n) is 2.92. The topological polar surface area (TPSA) is 63.6 Å². The normalized spacial score (nSPS) is 15.7. The van der Waals surface area contributed by atoms with Gasteiger partial charge in [-0.2, -0.15) is 0 Å². The predicted molar refractivity (Wildman–Crippen MR) is 75.8 cm³/mol. The Hall–Kier alpha value is -1.12. The van der Waals surface area contributed by atoms with Crippen LogP contribution >= 0.6 is 7.37 Å². The van der Waals surface area contributed by atoms with E-state index in [1.165, 1.54) is 0 Å². The summed E-state index contributed by atoms with van der Waals surface area (Å²) >= 11 is 0. The molecule has 1 rings (SSSR count). The molecule has 19 heavy (non-hydrogen) atoms. The first-order valence-electron chi connectivity index (χ1n) is 6.53. The van der Waals surface area contributed by atoms with Crippen molar-refractivity contribution in [2.24, 2.45) is 0 Å². The van der Waals surface area contributed by atoms with E-state index in [0.29, 0.717) is 6.42 Å². The van der Waals surface area contributed by atoms with Gasteiger partial charge in [0.25, 0.3) is 0 Å². The number of carbonyl (C=O) groups is 1. The maximum atomic E-state index is 12.9. The van der Waals surface area contributed by atoms with Crippen molar-refractivity contribution in [1.82, 2.24) is 0 Å². The number of benzene rings is 1. The molecule has 0 aliphatic rings. The molecule has 2 atom stereocenters. The molecular weight excluding hydrogens is 263 g/mol. The molecule has 0 spiro atoms. The van der Waals surface area contributed by atoms with Crippen LogP contribution in [0.4, 0.5) is 0 Å². The van der Waals surface area contributed by atoms with Crippen LogP contribution in [0.2, 0.25) is 0 Å². The Morgan fingerprint density at radius 3 is 2.42 bits per heavy atom. The van der Waals surface area contributed by atoms with E-state index in [9.17, 15) is 9.36 Å². The summed E-state index contributed by atoms with van der Waals surface area (Å²) in [4.78, 5) is 11.0. The fourth-order valence-corrected chi connectivity index (χ4v) is 4.78. The largest absolute Gasteiger partial charge is 0.481 e. The molecule has 0 aromatic heterocycles. The highest BCUT2D eigenvalue weighted by atomic mass is 31.2. The van der Waals surface area contributed by atoms with Crippen molar-refractivity contribution in [3.05, 3.63) is 35.9 Å². The summed E-state index contributed by atoms with van der Waals surface area (Å²) in [7, 11) is -3.22. The molecule has 5 heteroatoms. The van der Waals surface area contributed by atoms with E-state index in [-0.39, 0.29) is 12.3 Å². The van der Waals surface area contributed by atoms with E-state index < -0.39 is 19.5 Å². The fourth-order valence-electron chi connectivity index (χ4n) is 2.19. The number of carboxylic acid groups (broad SMARTS) is 1. The molecule has 4 nitrogen and oxygen atoms in total. The SMILES string of the molecule is CCCC(c1ccccc1)P(=O)(CC(=O)O)OCC. The first-order chi connectivity index (χ1) is 9.03. The van der Waals surface area contributed by atoms with E-state index >= 15 is 0 Å². The summed E-state index contributed by atoms with van der Waals surface area (Å²) in [5.41, 5.74) is 0.553. The smallest absolute Gasteiger partial charge is 0.313 e. The molecular formula is C14H21O4P. The van der Waals surface area contributed by atoms with Crippen LogP contribution in [0.15, 0.2) is 30.3 Å². The summed E-state index contributed by atoms with van der Waals surface area (Å²) in [6, 6.07) is 9.39. The van der Waals surface area contributed by atoms with E-state index in [1.807, 2.05) is 37.3 Å². The van der Waals surface area contributed by atoms with Gasteiger partial charge < -0.3 is 9.63 Å². The molecule has 0 heterocycles. The summed E-state index contributed by atoms with van der Waals surface area (Å²) < 4.78 is 18.3. The summed E-state index contributed by atoms with van der Waals surface area (Å²) in [6.07, 6.45) is 1.07. The number of rotatable bonds is 8. The van der Waals surface area contributed by atoms with Gasteiger partial charge in [-0.25, -0.2) is 0 Å². The van der Waals surface area contributed by atoms with Gasteiger partial charge in [0.1, 0.15) is 6.16 Å². The molecule has 0 fully saturated rings. The third kappa shape index (κ3) is 4.48. The van der Waals surface area contributed by atoms with Crippen molar-refractivity contribution in [2.75, 3.05) is 12.8 Å². The molecule has 0 aliphatic heterocycles. The summed E-state index contributed by atoms with van der Waals surface area (Å²) in [5.74, 6) is -1.08. The minimum absolute atomic E-state index is 0.262. The zero-order chi connectivity index (χ0) is 14.3. The van der Waals surface area contributed by atoms with Crippen molar-refractivity contribution < 1.29 is 19.0 Å². The quantitative estimate of drug-likeness (QED) is 0.735. The van der Waals surface area contributed by atoms with Crippen molar-refractivity contribution in [3.63, 3.8) is 0 Å².